The zero-order valence-electron chi connectivity index (χ0n) is 12.3. The van der Waals surface area contributed by atoms with Gasteiger partial charge in [-0.15, -0.1) is 0 Å². The first-order valence-electron chi connectivity index (χ1n) is 7.46. The molecule has 1 aromatic rings. The Morgan fingerprint density at radius 3 is 2.55 bits per heavy atom. The van der Waals surface area contributed by atoms with Gasteiger partial charge in [-0.3, -0.25) is 4.90 Å². The third kappa shape index (κ3) is 3.91. The summed E-state index contributed by atoms with van der Waals surface area (Å²) in [6, 6.07) is 10.3. The van der Waals surface area contributed by atoms with Gasteiger partial charge in [0.25, 0.3) is 0 Å². The van der Waals surface area contributed by atoms with E-state index in [-0.39, 0.29) is 0 Å². The van der Waals surface area contributed by atoms with E-state index in [1.165, 1.54) is 16.0 Å². The van der Waals surface area contributed by atoms with Crippen LogP contribution < -0.4 is 0 Å². The molecule has 2 aliphatic rings. The van der Waals surface area contributed by atoms with E-state index in [1.54, 1.807) is 6.20 Å². The van der Waals surface area contributed by atoms with Crippen LogP contribution in [0.25, 0.3) is 0 Å². The Morgan fingerprint density at radius 1 is 1.05 bits per heavy atom. The highest BCUT2D eigenvalue weighted by Crippen LogP contribution is 2.27. The minimum atomic E-state index is -4.14. The molecule has 1 aromatic carbocycles. The fourth-order valence-electron chi connectivity index (χ4n) is 3.05. The number of hydrogen-bond acceptors (Lipinski definition) is 2. The van der Waals surface area contributed by atoms with Gasteiger partial charge in [0.2, 0.25) is 0 Å². The van der Waals surface area contributed by atoms with E-state index in [2.05, 4.69) is 17.0 Å². The molecule has 0 radical (unpaired) electrons. The lowest BCUT2D eigenvalue weighted by molar-refractivity contribution is -0.139. The van der Waals surface area contributed by atoms with E-state index in [0.717, 1.165) is 31.6 Å². The predicted octanol–water partition coefficient (Wildman–Crippen LogP) is 3.58. The molecule has 2 nitrogen and oxygen atoms in total. The Kier molecular flexibility index (Phi) is 4.25. The van der Waals surface area contributed by atoms with E-state index in [1.807, 2.05) is 24.3 Å². The highest BCUT2D eigenvalue weighted by Gasteiger charge is 2.31. The Balaban J connectivity index is 1.60. The average molecular weight is 308 g/mol. The maximum absolute atomic E-state index is 12.5. The van der Waals surface area contributed by atoms with Crippen molar-refractivity contribution >= 4 is 0 Å². The summed E-state index contributed by atoms with van der Waals surface area (Å²) in [5, 5.41) is 0. The van der Waals surface area contributed by atoms with Crippen molar-refractivity contribution in [2.45, 2.75) is 19.1 Å². The minimum absolute atomic E-state index is 0.407. The molecule has 0 atom stereocenters. The molecule has 0 saturated carbocycles. The molecule has 0 aliphatic carbocycles. The van der Waals surface area contributed by atoms with Crippen molar-refractivity contribution in [3.63, 3.8) is 0 Å². The number of alkyl halides is 3. The van der Waals surface area contributed by atoms with Crippen LogP contribution >= 0.6 is 0 Å². The summed E-state index contributed by atoms with van der Waals surface area (Å²) < 4.78 is 37.4. The molecule has 0 amide bonds. The number of halogens is 3. The normalized spacial score (nSPS) is 19.5. The fraction of sp³-hybridized carbons (Fsp3) is 0.412. The molecule has 3 rings (SSSR count). The quantitative estimate of drug-likeness (QED) is 0.842. The van der Waals surface area contributed by atoms with Crippen LogP contribution in [-0.2, 0) is 6.54 Å². The summed E-state index contributed by atoms with van der Waals surface area (Å²) in [6.45, 7) is 2.15. The lowest BCUT2D eigenvalue weighted by Gasteiger charge is -2.35. The maximum atomic E-state index is 12.5. The second kappa shape index (κ2) is 6.16. The summed E-state index contributed by atoms with van der Waals surface area (Å²) >= 11 is 0. The summed E-state index contributed by atoms with van der Waals surface area (Å²) in [5.74, 6) is 0. The molecule has 22 heavy (non-hydrogen) atoms. The molecule has 2 aliphatic heterocycles. The molecule has 0 N–H and O–H groups in total. The predicted molar refractivity (Wildman–Crippen MR) is 80.1 cm³/mol. The largest absolute Gasteiger partial charge is 0.405 e. The first-order valence-corrected chi connectivity index (χ1v) is 7.46. The summed E-state index contributed by atoms with van der Waals surface area (Å²) in [4.78, 5) is 3.70. The Hall–Kier alpha value is -1.75. The van der Waals surface area contributed by atoms with Crippen molar-refractivity contribution in [1.29, 1.82) is 0 Å². The first kappa shape index (κ1) is 15.2. The topological polar surface area (TPSA) is 6.48 Å². The molecule has 0 spiro atoms. The maximum Gasteiger partial charge on any atom is 0.405 e. The average Bonchev–Trinajstić information content (AvgIpc) is 2.47. The fourth-order valence-corrected chi connectivity index (χ4v) is 3.05. The molecule has 0 bridgehead atoms. The highest BCUT2D eigenvalue weighted by atomic mass is 19.4. The Bertz CT molecular complexity index is 575. The van der Waals surface area contributed by atoms with E-state index >= 15 is 0 Å². The van der Waals surface area contributed by atoms with Gasteiger partial charge in [0.1, 0.15) is 6.54 Å². The van der Waals surface area contributed by atoms with E-state index in [4.69, 9.17) is 0 Å². The minimum Gasteiger partial charge on any atom is -0.365 e. The van der Waals surface area contributed by atoms with Crippen LogP contribution in [-0.4, -0.2) is 42.2 Å². The van der Waals surface area contributed by atoms with Crippen molar-refractivity contribution in [2.75, 3.05) is 26.2 Å². The second-order valence-corrected chi connectivity index (χ2v) is 5.91. The van der Waals surface area contributed by atoms with Gasteiger partial charge >= 0.3 is 6.18 Å². The van der Waals surface area contributed by atoms with Gasteiger partial charge in [0.15, 0.2) is 0 Å². The molecule has 2 heterocycles. The van der Waals surface area contributed by atoms with E-state index in [0.29, 0.717) is 6.54 Å². The van der Waals surface area contributed by atoms with Crippen LogP contribution in [0, 0.1) is 0 Å². The van der Waals surface area contributed by atoms with Crippen LogP contribution in [0.5, 0.6) is 0 Å². The van der Waals surface area contributed by atoms with Crippen molar-refractivity contribution in [3.8, 4) is 0 Å². The van der Waals surface area contributed by atoms with Crippen LogP contribution in [0.3, 0.4) is 0 Å². The van der Waals surface area contributed by atoms with Crippen LogP contribution in [0.2, 0.25) is 0 Å². The summed E-state index contributed by atoms with van der Waals surface area (Å²) in [6.07, 6.45) is 0.136. The van der Waals surface area contributed by atoms with Gasteiger partial charge in [0, 0.05) is 32.4 Å². The van der Waals surface area contributed by atoms with Crippen molar-refractivity contribution < 1.29 is 13.2 Å². The molecule has 0 fully saturated rings. The van der Waals surface area contributed by atoms with Crippen molar-refractivity contribution in [3.05, 3.63) is 59.3 Å². The SMILES string of the molecule is FC(F)(F)CN1C=CC2=C(CCN(Cc3ccccc3)C2)C1. The van der Waals surface area contributed by atoms with Gasteiger partial charge < -0.3 is 4.90 Å². The van der Waals surface area contributed by atoms with Crippen molar-refractivity contribution in [1.82, 2.24) is 9.80 Å². The van der Waals surface area contributed by atoms with Crippen molar-refractivity contribution in [2.24, 2.45) is 0 Å². The number of nitrogens with zero attached hydrogens (tertiary/aromatic N) is 2. The Morgan fingerprint density at radius 2 is 1.82 bits per heavy atom. The lowest BCUT2D eigenvalue weighted by Crippen LogP contribution is -2.38. The molecular formula is C17H19F3N2. The zero-order valence-corrected chi connectivity index (χ0v) is 12.3. The van der Waals surface area contributed by atoms with Crippen LogP contribution in [0.15, 0.2) is 53.8 Å². The molecule has 0 aromatic heterocycles. The molecule has 118 valence electrons. The van der Waals surface area contributed by atoms with E-state index < -0.39 is 12.7 Å². The van der Waals surface area contributed by atoms with Gasteiger partial charge in [-0.05, 0) is 29.2 Å². The molecule has 0 saturated heterocycles. The first-order chi connectivity index (χ1) is 10.5. The molecule has 5 heteroatoms. The number of hydrogen-bond donors (Lipinski definition) is 0. The summed E-state index contributed by atoms with van der Waals surface area (Å²) in [5.41, 5.74) is 3.60. The third-order valence-corrected chi connectivity index (χ3v) is 4.09. The zero-order chi connectivity index (χ0) is 15.6. The Labute approximate surface area is 128 Å². The summed E-state index contributed by atoms with van der Waals surface area (Å²) in [7, 11) is 0. The second-order valence-electron chi connectivity index (χ2n) is 5.91. The lowest BCUT2D eigenvalue weighted by atomic mass is 9.96. The third-order valence-electron chi connectivity index (χ3n) is 4.09. The van der Waals surface area contributed by atoms with Crippen LogP contribution in [0.1, 0.15) is 12.0 Å². The van der Waals surface area contributed by atoms with Gasteiger partial charge in [-0.25, -0.2) is 0 Å². The number of benzene rings is 1. The smallest absolute Gasteiger partial charge is 0.365 e. The number of rotatable bonds is 3. The monoisotopic (exact) mass is 308 g/mol. The van der Waals surface area contributed by atoms with E-state index in [9.17, 15) is 13.2 Å². The molecule has 0 unspecified atom stereocenters. The van der Waals surface area contributed by atoms with Crippen LogP contribution in [0.4, 0.5) is 13.2 Å². The van der Waals surface area contributed by atoms with Gasteiger partial charge in [0.05, 0.1) is 0 Å². The van der Waals surface area contributed by atoms with Gasteiger partial charge in [-0.1, -0.05) is 30.3 Å². The van der Waals surface area contributed by atoms with Gasteiger partial charge in [-0.2, -0.15) is 13.2 Å². The highest BCUT2D eigenvalue weighted by molar-refractivity contribution is 5.33. The molecular weight excluding hydrogens is 289 g/mol. The standard InChI is InChI=1S/C17H19F3N2/c18-17(19,20)13-22-9-7-15-11-21(8-6-16(15)12-22)10-14-4-2-1-3-5-14/h1-5,7,9H,6,8,10-13H2.